The average molecular weight is 558 g/mol. The van der Waals surface area contributed by atoms with Gasteiger partial charge in [-0.3, -0.25) is 9.59 Å². The number of hydrogen-bond acceptors (Lipinski definition) is 7. The number of fused-ring (bicyclic) bond motifs is 7. The minimum Gasteiger partial charge on any atom is -0.441 e. The topological polar surface area (TPSA) is 111 Å². The molecular weight excluding hydrogens is 510 g/mol. The third-order valence-corrected chi connectivity index (χ3v) is 10.8. The second-order valence-corrected chi connectivity index (χ2v) is 13.1. The molecule has 3 fully saturated rings. The predicted octanol–water partition coefficient (Wildman–Crippen LogP) is 5.03. The van der Waals surface area contributed by atoms with Crippen molar-refractivity contribution in [1.29, 1.82) is 0 Å². The van der Waals surface area contributed by atoms with Crippen molar-refractivity contribution in [2.75, 3.05) is 13.2 Å². The Bertz CT molecular complexity index is 1070. The third-order valence-electron chi connectivity index (χ3n) is 10.8. The van der Waals surface area contributed by atoms with E-state index in [2.05, 4.69) is 39.1 Å². The molecule has 0 aromatic heterocycles. The maximum absolute atomic E-state index is 14.1. The van der Waals surface area contributed by atoms with E-state index < -0.39 is 47.6 Å². The van der Waals surface area contributed by atoms with Crippen LogP contribution >= 0.6 is 0 Å². The number of hydrogen-bond donors (Lipinski definition) is 2. The van der Waals surface area contributed by atoms with Crippen LogP contribution in [0.5, 0.6) is 0 Å². The van der Waals surface area contributed by atoms with Crippen LogP contribution < -0.4 is 5.32 Å². The van der Waals surface area contributed by atoms with Crippen LogP contribution in [0.1, 0.15) is 91.9 Å². The fourth-order valence-electron chi connectivity index (χ4n) is 8.95. The first-order valence-electron chi connectivity index (χ1n) is 15.5. The summed E-state index contributed by atoms with van der Waals surface area (Å²) in [4.78, 5) is 38.7. The van der Waals surface area contributed by atoms with Gasteiger partial charge < -0.3 is 24.6 Å². The Morgan fingerprint density at radius 1 is 1.18 bits per heavy atom. The fourth-order valence-corrected chi connectivity index (χ4v) is 8.95. The quantitative estimate of drug-likeness (QED) is 0.286. The number of carbonyl (C=O) groups is 3. The molecule has 1 amide bonds. The molecule has 1 saturated heterocycles. The van der Waals surface area contributed by atoms with Crippen molar-refractivity contribution in [3.8, 4) is 0 Å². The van der Waals surface area contributed by atoms with Crippen molar-refractivity contribution in [3.05, 3.63) is 23.8 Å². The fraction of sp³-hybridized carbons (Fsp3) is 0.781. The zero-order valence-corrected chi connectivity index (χ0v) is 24.6. The highest BCUT2D eigenvalue weighted by Crippen LogP contribution is 2.69. The van der Waals surface area contributed by atoms with Gasteiger partial charge in [0.25, 0.3) is 0 Å². The van der Waals surface area contributed by atoms with Gasteiger partial charge in [-0.1, -0.05) is 71.1 Å². The summed E-state index contributed by atoms with van der Waals surface area (Å²) < 4.78 is 18.5. The second kappa shape index (κ2) is 11.3. The normalized spacial score (nSPS) is 41.4. The lowest BCUT2D eigenvalue weighted by Gasteiger charge is -2.59. The summed E-state index contributed by atoms with van der Waals surface area (Å²) in [7, 11) is 0. The van der Waals surface area contributed by atoms with Gasteiger partial charge in [-0.05, 0) is 50.0 Å². The van der Waals surface area contributed by atoms with E-state index in [4.69, 9.17) is 14.2 Å². The van der Waals surface area contributed by atoms with Gasteiger partial charge in [-0.25, -0.2) is 4.79 Å². The monoisotopic (exact) mass is 557 g/mol. The van der Waals surface area contributed by atoms with E-state index in [0.29, 0.717) is 32.2 Å². The molecule has 9 atom stereocenters. The lowest BCUT2D eigenvalue weighted by Crippen LogP contribution is -2.63. The number of Topliss-reactive ketones (excluding diaryl/α,β-unsaturated/α-hetero) is 1. The number of aliphatic hydroxyl groups is 1. The molecule has 5 rings (SSSR count). The SMILES string of the molecule is CCCCCCNC(=O)OCC(=O)[C@@]12OC(CCC)O[C@@H]1CC1C3CC=C4CC(=O)C=C[C@]4(C)[C@H]3[C@@H](O)C[C@@]12C. The molecule has 40 heavy (non-hydrogen) atoms. The number of allylic oxidation sites excluding steroid dienone is 4. The summed E-state index contributed by atoms with van der Waals surface area (Å²) in [6.07, 6.45) is 11.5. The van der Waals surface area contributed by atoms with Gasteiger partial charge >= 0.3 is 6.09 Å². The summed E-state index contributed by atoms with van der Waals surface area (Å²) in [6.45, 7) is 8.53. The molecular formula is C32H47NO7. The Labute approximate surface area is 238 Å². The maximum Gasteiger partial charge on any atom is 0.407 e. The Hall–Kier alpha value is -2.03. The molecule has 0 bridgehead atoms. The number of ketones is 2. The maximum atomic E-state index is 14.1. The lowest BCUT2D eigenvalue weighted by molar-refractivity contribution is -0.198. The van der Waals surface area contributed by atoms with E-state index in [1.807, 2.05) is 6.08 Å². The molecule has 5 aliphatic rings. The van der Waals surface area contributed by atoms with Crippen molar-refractivity contribution in [1.82, 2.24) is 5.32 Å². The first-order chi connectivity index (χ1) is 19.1. The lowest BCUT2D eigenvalue weighted by atomic mass is 9.47. The highest BCUT2D eigenvalue weighted by atomic mass is 16.7. The minimum atomic E-state index is -1.28. The molecule has 0 radical (unpaired) electrons. The number of ether oxygens (including phenoxy) is 3. The van der Waals surface area contributed by atoms with E-state index in [0.717, 1.165) is 44.1 Å². The predicted molar refractivity (Wildman–Crippen MR) is 149 cm³/mol. The molecule has 8 heteroatoms. The number of rotatable bonds is 10. The zero-order chi connectivity index (χ0) is 28.7. The number of aliphatic hydroxyl groups excluding tert-OH is 1. The van der Waals surface area contributed by atoms with Crippen LogP contribution in [0.4, 0.5) is 4.79 Å². The Morgan fingerprint density at radius 2 is 1.98 bits per heavy atom. The van der Waals surface area contributed by atoms with Gasteiger partial charge in [0, 0.05) is 29.7 Å². The standard InChI is InChI=1S/C32H47NO7/c1-5-7-8-9-15-33-29(37)38-19-25(36)32-26(39-27(40-32)10-6-2)17-23-22-12-11-20-16-21(34)13-14-30(20,3)28(22)24(35)18-31(23,32)4/h11,13-14,22-24,26-28,35H,5-10,12,15-19H2,1-4H3,(H,33,37)/t22?,23?,24-,26+,27?,28+,30-,31-,32+/m0/s1. The van der Waals surface area contributed by atoms with Crippen molar-refractivity contribution in [3.63, 3.8) is 0 Å². The second-order valence-electron chi connectivity index (χ2n) is 13.1. The average Bonchev–Trinajstić information content (AvgIpc) is 3.39. The van der Waals surface area contributed by atoms with Crippen molar-refractivity contribution in [2.45, 2.75) is 116 Å². The van der Waals surface area contributed by atoms with Crippen molar-refractivity contribution in [2.24, 2.45) is 28.6 Å². The Morgan fingerprint density at radius 3 is 2.73 bits per heavy atom. The van der Waals surface area contributed by atoms with Crippen LogP contribution in [0.15, 0.2) is 23.8 Å². The van der Waals surface area contributed by atoms with Crippen LogP contribution in [-0.2, 0) is 23.8 Å². The molecule has 0 spiro atoms. The van der Waals surface area contributed by atoms with E-state index in [1.54, 1.807) is 6.08 Å². The molecule has 4 aliphatic carbocycles. The van der Waals surface area contributed by atoms with Gasteiger partial charge in [0.15, 0.2) is 24.3 Å². The molecule has 3 unspecified atom stereocenters. The van der Waals surface area contributed by atoms with E-state index in [1.165, 1.54) is 0 Å². The Kier molecular flexibility index (Phi) is 8.35. The molecule has 8 nitrogen and oxygen atoms in total. The highest BCUT2D eigenvalue weighted by molar-refractivity contribution is 5.94. The molecule has 0 aromatic carbocycles. The number of alkyl carbamates (subject to hydrolysis) is 1. The smallest absolute Gasteiger partial charge is 0.407 e. The van der Waals surface area contributed by atoms with Crippen LogP contribution in [0.25, 0.3) is 0 Å². The van der Waals surface area contributed by atoms with Crippen LogP contribution in [0, 0.1) is 28.6 Å². The summed E-state index contributed by atoms with van der Waals surface area (Å²) in [6, 6.07) is 0. The molecule has 0 aromatic rings. The van der Waals surface area contributed by atoms with Crippen molar-refractivity contribution < 1.29 is 33.7 Å². The first-order valence-corrected chi connectivity index (χ1v) is 15.5. The van der Waals surface area contributed by atoms with Gasteiger partial charge in [-0.15, -0.1) is 0 Å². The van der Waals surface area contributed by atoms with E-state index >= 15 is 0 Å². The summed E-state index contributed by atoms with van der Waals surface area (Å²) in [5.41, 5.74) is -1.27. The molecule has 1 heterocycles. The number of nitrogens with one attached hydrogen (secondary N) is 1. The van der Waals surface area contributed by atoms with Gasteiger partial charge in [0.1, 0.15) is 0 Å². The van der Waals surface area contributed by atoms with Crippen LogP contribution in [-0.4, -0.2) is 60.0 Å². The van der Waals surface area contributed by atoms with Crippen LogP contribution in [0.2, 0.25) is 0 Å². The first kappa shape index (κ1) is 29.5. The van der Waals surface area contributed by atoms with Crippen LogP contribution in [0.3, 0.4) is 0 Å². The number of carbonyl (C=O) groups excluding carboxylic acids is 3. The number of amides is 1. The molecule has 2 N–H and O–H groups in total. The summed E-state index contributed by atoms with van der Waals surface area (Å²) in [5, 5.41) is 14.6. The molecule has 2 saturated carbocycles. The molecule has 1 aliphatic heterocycles. The summed E-state index contributed by atoms with van der Waals surface area (Å²) >= 11 is 0. The van der Waals surface area contributed by atoms with Gasteiger partial charge in [-0.2, -0.15) is 0 Å². The number of unbranched alkanes of at least 4 members (excludes halogenated alkanes) is 3. The van der Waals surface area contributed by atoms with E-state index in [9.17, 15) is 19.5 Å². The van der Waals surface area contributed by atoms with E-state index in [-0.39, 0.29) is 29.3 Å². The summed E-state index contributed by atoms with van der Waals surface area (Å²) in [5.74, 6) is -0.0485. The van der Waals surface area contributed by atoms with Crippen molar-refractivity contribution >= 4 is 17.7 Å². The van der Waals surface area contributed by atoms with Gasteiger partial charge in [0.05, 0.1) is 12.2 Å². The molecule has 222 valence electrons. The van der Waals surface area contributed by atoms with Gasteiger partial charge in [0.2, 0.25) is 5.78 Å². The minimum absolute atomic E-state index is 0.0536. The Balaban J connectivity index is 1.38. The zero-order valence-electron chi connectivity index (χ0n) is 24.6. The largest absolute Gasteiger partial charge is 0.441 e. The third kappa shape index (κ3) is 4.68. The highest BCUT2D eigenvalue weighted by Gasteiger charge is 2.75.